The second-order valence-corrected chi connectivity index (χ2v) is 15.1. The van der Waals surface area contributed by atoms with Crippen molar-refractivity contribution in [3.63, 3.8) is 0 Å². The van der Waals surface area contributed by atoms with Gasteiger partial charge in [0.2, 0.25) is 0 Å². The first kappa shape index (κ1) is 36.2. The second-order valence-electron chi connectivity index (χ2n) is 13.7. The fraction of sp³-hybridized carbons (Fsp3) is 0.487. The molecule has 6 rings (SSSR count). The molecule has 1 amide bonds. The van der Waals surface area contributed by atoms with E-state index in [0.29, 0.717) is 57.1 Å². The lowest BCUT2D eigenvalue weighted by Crippen LogP contribution is -2.54. The number of aliphatic hydroxyl groups excluding tert-OH is 1. The largest absolute Gasteiger partial charge is 0.450 e. The number of carbonyl (C=O) groups excluding carboxylic acids is 2. The number of rotatable bonds is 9. The third kappa shape index (κ3) is 8.05. The molecule has 3 aromatic rings. The van der Waals surface area contributed by atoms with Crippen LogP contribution < -0.4 is 0 Å². The van der Waals surface area contributed by atoms with Crippen LogP contribution >= 0.6 is 22.9 Å². The summed E-state index contributed by atoms with van der Waals surface area (Å²) < 4.78 is 20.3. The molecule has 3 aliphatic carbocycles. The summed E-state index contributed by atoms with van der Waals surface area (Å²) in [5.41, 5.74) is 1.41. The van der Waals surface area contributed by atoms with Crippen LogP contribution in [-0.2, 0) is 24.0 Å². The molecule has 2 N–H and O–H groups in total. The van der Waals surface area contributed by atoms with Crippen LogP contribution in [0.5, 0.6) is 0 Å². The zero-order valence-electron chi connectivity index (χ0n) is 28.1. The number of ether oxygens (including phenoxy) is 1. The summed E-state index contributed by atoms with van der Waals surface area (Å²) in [6.45, 7) is 6.68. The number of allylic oxidation sites excluding steroid dienone is 2. The van der Waals surface area contributed by atoms with Gasteiger partial charge in [-0.15, -0.1) is 11.3 Å². The predicted octanol–water partition coefficient (Wildman–Crippen LogP) is 8.71. The molecule has 258 valence electrons. The minimum absolute atomic E-state index is 0.102. The third-order valence-electron chi connectivity index (χ3n) is 10.6. The average molecular weight is 696 g/mol. The quantitative estimate of drug-likeness (QED) is 0.173. The van der Waals surface area contributed by atoms with Crippen molar-refractivity contribution in [2.45, 2.75) is 96.2 Å². The number of hydrogen-bond acceptors (Lipinski definition) is 6. The van der Waals surface area contributed by atoms with E-state index in [1.165, 1.54) is 17.7 Å². The van der Waals surface area contributed by atoms with Gasteiger partial charge in [-0.05, 0) is 112 Å². The highest BCUT2D eigenvalue weighted by Crippen LogP contribution is 2.59. The average Bonchev–Trinajstić information content (AvgIpc) is 3.66. The molecule has 1 heterocycles. The summed E-state index contributed by atoms with van der Waals surface area (Å²) in [6.07, 6.45) is 5.65. The van der Waals surface area contributed by atoms with Crippen molar-refractivity contribution < 1.29 is 28.9 Å². The molecule has 2 aromatic carbocycles. The topological polar surface area (TPSA) is 87.1 Å². The maximum absolute atomic E-state index is 14.9. The zero-order valence-corrected chi connectivity index (χ0v) is 29.7. The molecule has 0 spiro atoms. The molecule has 48 heavy (non-hydrogen) atoms. The van der Waals surface area contributed by atoms with E-state index in [0.717, 1.165) is 22.4 Å². The zero-order chi connectivity index (χ0) is 34.5. The first-order valence-corrected chi connectivity index (χ1v) is 18.3. The molecule has 6 nitrogen and oxygen atoms in total. The number of Topliss-reactive ketones (excluding diaryl/α,β-unsaturated/α-hetero) is 1. The molecule has 0 unspecified atom stereocenters. The number of nitrogens with zero attached hydrogens (tertiary/aromatic N) is 1. The first-order valence-electron chi connectivity index (χ1n) is 17.0. The van der Waals surface area contributed by atoms with Gasteiger partial charge < -0.3 is 19.8 Å². The van der Waals surface area contributed by atoms with Crippen LogP contribution in [0, 0.1) is 11.2 Å². The molecule has 9 heteroatoms. The fourth-order valence-electron chi connectivity index (χ4n) is 7.66. The van der Waals surface area contributed by atoms with E-state index in [9.17, 15) is 24.2 Å². The smallest absolute Gasteiger partial charge is 0.409 e. The molecular formula is C39H47ClFNO5S. The summed E-state index contributed by atoms with van der Waals surface area (Å²) >= 11 is 7.99. The number of hydrogen-bond donors (Lipinski definition) is 2. The molecule has 2 bridgehead atoms. The monoisotopic (exact) mass is 695 g/mol. The Hall–Kier alpha value is -3.04. The number of aliphatic hydroxyl groups is 2. The van der Waals surface area contributed by atoms with E-state index in [1.807, 2.05) is 35.7 Å². The maximum atomic E-state index is 14.9. The lowest BCUT2D eigenvalue weighted by molar-refractivity contribution is -0.0807. The number of halogens is 2. The summed E-state index contributed by atoms with van der Waals surface area (Å²) in [7, 11) is 0. The summed E-state index contributed by atoms with van der Waals surface area (Å²) in [5.74, 6) is -1.03. The second kappa shape index (κ2) is 15.7. The van der Waals surface area contributed by atoms with Gasteiger partial charge in [0.25, 0.3) is 0 Å². The number of ketones is 1. The SMILES string of the molecule is CCOC(=O)N(CCc1cccs1)C[C@]1(O)CC[C@H]2c3ccc(cc3C(=O)Cc3c(F)cccc3Cl)C[C@@H](O)CCC(C)=CCC[C@@]21C. The van der Waals surface area contributed by atoms with Crippen LogP contribution in [0.3, 0.4) is 0 Å². The van der Waals surface area contributed by atoms with Gasteiger partial charge in [0.05, 0.1) is 24.9 Å². The van der Waals surface area contributed by atoms with Gasteiger partial charge in [0.15, 0.2) is 5.78 Å². The van der Waals surface area contributed by atoms with E-state index in [-0.39, 0.29) is 41.9 Å². The van der Waals surface area contributed by atoms with Crippen molar-refractivity contribution in [1.29, 1.82) is 0 Å². The Balaban J connectivity index is 1.56. The van der Waals surface area contributed by atoms with Gasteiger partial charge in [-0.3, -0.25) is 4.79 Å². The Labute approximate surface area is 292 Å². The summed E-state index contributed by atoms with van der Waals surface area (Å²) in [5, 5.41) is 25.8. The third-order valence-corrected chi connectivity index (χ3v) is 11.8. The van der Waals surface area contributed by atoms with E-state index >= 15 is 0 Å². The number of benzene rings is 2. The van der Waals surface area contributed by atoms with Gasteiger partial charge in [-0.2, -0.15) is 0 Å². The van der Waals surface area contributed by atoms with Crippen LogP contribution in [0.2, 0.25) is 5.02 Å². The van der Waals surface area contributed by atoms with Crippen LogP contribution in [0.25, 0.3) is 0 Å². The number of amides is 1. The molecule has 3 aliphatic rings. The standard InChI is InChI=1S/C39H47ClFNO5S/c1-4-47-37(45)42(20-17-29-9-7-21-48-29)25-39(46)19-16-33-30-15-13-27(22-28(43)14-12-26(2)8-6-18-38(33,39)3)23-31(30)36(44)24-32-34(40)10-5-11-35(32)41/h5,7-11,13,15,21,23,28,33,43,46H,4,6,12,14,16-20,22,24-25H2,1-3H3/t28-,33-,38-,39+/m0/s1. The van der Waals surface area contributed by atoms with E-state index < -0.39 is 29.0 Å². The Kier molecular flexibility index (Phi) is 11.8. The number of thiophene rings is 1. The van der Waals surface area contributed by atoms with Crippen molar-refractivity contribution in [3.8, 4) is 0 Å². The molecule has 0 saturated heterocycles. The number of fused-ring (bicyclic) bond motifs is 8. The summed E-state index contributed by atoms with van der Waals surface area (Å²) in [4.78, 5) is 30.2. The Morgan fingerprint density at radius 3 is 2.69 bits per heavy atom. The van der Waals surface area contributed by atoms with Gasteiger partial charge >= 0.3 is 6.09 Å². The van der Waals surface area contributed by atoms with Gasteiger partial charge in [0.1, 0.15) is 5.82 Å². The minimum atomic E-state index is -1.28. The summed E-state index contributed by atoms with van der Waals surface area (Å²) in [6, 6.07) is 14.2. The van der Waals surface area contributed by atoms with Gasteiger partial charge in [-0.25, -0.2) is 9.18 Å². The Bertz CT molecular complexity index is 1610. The van der Waals surface area contributed by atoms with Crippen molar-refractivity contribution >= 4 is 34.8 Å². The van der Waals surface area contributed by atoms with Crippen molar-refractivity contribution in [2.75, 3.05) is 19.7 Å². The Morgan fingerprint density at radius 2 is 1.96 bits per heavy atom. The van der Waals surface area contributed by atoms with E-state index in [1.54, 1.807) is 29.2 Å². The predicted molar refractivity (Wildman–Crippen MR) is 189 cm³/mol. The minimum Gasteiger partial charge on any atom is -0.450 e. The maximum Gasteiger partial charge on any atom is 0.409 e. The van der Waals surface area contributed by atoms with E-state index in [4.69, 9.17) is 16.3 Å². The van der Waals surface area contributed by atoms with E-state index in [2.05, 4.69) is 19.9 Å². The lowest BCUT2D eigenvalue weighted by Gasteiger charge is -2.46. The highest BCUT2D eigenvalue weighted by molar-refractivity contribution is 7.09. The highest BCUT2D eigenvalue weighted by atomic mass is 35.5. The molecular weight excluding hydrogens is 649 g/mol. The molecule has 1 saturated carbocycles. The molecule has 1 fully saturated rings. The Morgan fingerprint density at radius 1 is 1.15 bits per heavy atom. The normalized spacial score (nSPS) is 24.4. The van der Waals surface area contributed by atoms with Crippen LogP contribution in [0.4, 0.5) is 9.18 Å². The van der Waals surface area contributed by atoms with Gasteiger partial charge in [0, 0.05) is 39.4 Å². The van der Waals surface area contributed by atoms with Crippen molar-refractivity contribution in [2.24, 2.45) is 5.41 Å². The van der Waals surface area contributed by atoms with Crippen LogP contribution in [0.1, 0.15) is 97.1 Å². The first-order chi connectivity index (χ1) is 22.9. The van der Waals surface area contributed by atoms with Crippen LogP contribution in [-0.4, -0.2) is 58.4 Å². The number of carbonyl (C=O) groups is 2. The molecule has 0 aliphatic heterocycles. The van der Waals surface area contributed by atoms with Crippen molar-refractivity contribution in [1.82, 2.24) is 4.90 Å². The van der Waals surface area contributed by atoms with Crippen molar-refractivity contribution in [3.05, 3.63) is 104 Å². The highest BCUT2D eigenvalue weighted by Gasteiger charge is 2.57. The van der Waals surface area contributed by atoms with Gasteiger partial charge in [-0.1, -0.05) is 54.4 Å². The van der Waals surface area contributed by atoms with Crippen LogP contribution in [0.15, 0.2) is 65.6 Å². The lowest BCUT2D eigenvalue weighted by atomic mass is 9.64. The fourth-order valence-corrected chi connectivity index (χ4v) is 8.59. The molecule has 4 atom stereocenters. The molecule has 0 radical (unpaired) electrons. The molecule has 1 aromatic heterocycles.